The van der Waals surface area contributed by atoms with Gasteiger partial charge in [0.15, 0.2) is 5.58 Å². The molecule has 0 saturated heterocycles. The van der Waals surface area contributed by atoms with Crippen LogP contribution in [0.2, 0.25) is 0 Å². The lowest BCUT2D eigenvalue weighted by molar-refractivity contribution is 0.262. The zero-order chi connectivity index (χ0) is 27.7. The van der Waals surface area contributed by atoms with E-state index in [1.165, 1.54) is 0 Å². The van der Waals surface area contributed by atoms with Gasteiger partial charge in [0.25, 0.3) is 0 Å². The minimum atomic E-state index is -0.395. The summed E-state index contributed by atoms with van der Waals surface area (Å²) in [5, 5.41) is 22.0. The number of fused-ring (bicyclic) bond motifs is 1. The summed E-state index contributed by atoms with van der Waals surface area (Å²) in [6.45, 7) is 6.14. The van der Waals surface area contributed by atoms with Gasteiger partial charge in [-0.3, -0.25) is 14.8 Å². The molecule has 0 fully saturated rings. The molecule has 0 aliphatic rings. The number of pyridine rings is 1. The molecule has 0 atom stereocenters. The summed E-state index contributed by atoms with van der Waals surface area (Å²) in [7, 11) is 0. The van der Waals surface area contributed by atoms with Crippen LogP contribution in [0.1, 0.15) is 20.8 Å². The van der Waals surface area contributed by atoms with E-state index in [1.807, 2.05) is 55.9 Å². The van der Waals surface area contributed by atoms with Crippen molar-refractivity contribution >= 4 is 28.4 Å². The summed E-state index contributed by atoms with van der Waals surface area (Å²) in [6, 6.07) is 16.0. The maximum Gasteiger partial charge on any atom is 0.323 e. The Bertz CT molecular complexity index is 1780. The van der Waals surface area contributed by atoms with Crippen molar-refractivity contribution in [3.8, 4) is 34.0 Å². The highest BCUT2D eigenvalue weighted by molar-refractivity contribution is 6.02. The van der Waals surface area contributed by atoms with Gasteiger partial charge in [-0.2, -0.15) is 10.2 Å². The zero-order valence-corrected chi connectivity index (χ0v) is 22.0. The van der Waals surface area contributed by atoms with Gasteiger partial charge in [0.1, 0.15) is 17.2 Å². The summed E-state index contributed by atoms with van der Waals surface area (Å²) in [5.74, 6) is 1.26. The lowest BCUT2D eigenvalue weighted by Crippen LogP contribution is -2.22. The molecule has 2 amide bonds. The molecule has 4 aromatic heterocycles. The van der Waals surface area contributed by atoms with Gasteiger partial charge in [-0.05, 0) is 69.3 Å². The highest BCUT2D eigenvalue weighted by Crippen LogP contribution is 2.32. The summed E-state index contributed by atoms with van der Waals surface area (Å²) in [5.41, 5.74) is 4.68. The van der Waals surface area contributed by atoms with Crippen LogP contribution in [-0.2, 0) is 5.54 Å². The molecule has 0 bridgehead atoms. The summed E-state index contributed by atoms with van der Waals surface area (Å²) < 4.78 is 13.0. The molecule has 11 nitrogen and oxygen atoms in total. The highest BCUT2D eigenvalue weighted by Gasteiger charge is 2.21. The predicted octanol–water partition coefficient (Wildman–Crippen LogP) is 6.67. The Hall–Kier alpha value is -5.45. The predicted molar refractivity (Wildman–Crippen MR) is 151 cm³/mol. The fraction of sp³-hybridized carbons (Fsp3) is 0.138. The molecule has 0 saturated carbocycles. The first-order valence-electron chi connectivity index (χ1n) is 12.6. The molecule has 0 unspecified atom stereocenters. The number of urea groups is 1. The smallest absolute Gasteiger partial charge is 0.323 e. The summed E-state index contributed by atoms with van der Waals surface area (Å²) in [4.78, 5) is 17.3. The van der Waals surface area contributed by atoms with Crippen LogP contribution in [-0.4, -0.2) is 36.1 Å². The third-order valence-electron chi connectivity index (χ3n) is 6.15. The normalized spacial score (nSPS) is 11.5. The SMILES string of the molecule is CC(C)(C)n1cc(NC(=O)Nc2ccc(Oc3ccnc(-c4cn[nH]c4)c3)cc2)c(-c2ccc3oncc3c2)n1. The van der Waals surface area contributed by atoms with Crippen molar-refractivity contribution in [2.75, 3.05) is 10.6 Å². The number of aromatic amines is 1. The first-order valence-corrected chi connectivity index (χ1v) is 12.6. The van der Waals surface area contributed by atoms with Crippen molar-refractivity contribution in [3.63, 3.8) is 0 Å². The number of anilines is 2. The van der Waals surface area contributed by atoms with Crippen molar-refractivity contribution in [1.29, 1.82) is 0 Å². The number of nitrogens with one attached hydrogen (secondary N) is 3. The van der Waals surface area contributed by atoms with E-state index in [-0.39, 0.29) is 5.54 Å². The molecule has 0 aliphatic heterocycles. The van der Waals surface area contributed by atoms with Crippen LogP contribution in [0.15, 0.2) is 90.1 Å². The van der Waals surface area contributed by atoms with E-state index in [0.717, 1.165) is 22.2 Å². The number of hydrogen-bond donors (Lipinski definition) is 3. The van der Waals surface area contributed by atoms with Crippen LogP contribution in [0.25, 0.3) is 33.5 Å². The first kappa shape index (κ1) is 24.9. The van der Waals surface area contributed by atoms with E-state index >= 15 is 0 Å². The number of hydrogen-bond acceptors (Lipinski definition) is 7. The second kappa shape index (κ2) is 10.0. The van der Waals surface area contributed by atoms with Gasteiger partial charge >= 0.3 is 6.03 Å². The lowest BCUT2D eigenvalue weighted by Gasteiger charge is -2.18. The molecule has 3 N–H and O–H groups in total. The van der Waals surface area contributed by atoms with E-state index in [4.69, 9.17) is 14.4 Å². The van der Waals surface area contributed by atoms with E-state index < -0.39 is 6.03 Å². The van der Waals surface area contributed by atoms with E-state index in [2.05, 4.69) is 31.0 Å². The molecular formula is C29H26N8O3. The Morgan fingerprint density at radius 2 is 1.82 bits per heavy atom. The van der Waals surface area contributed by atoms with Gasteiger partial charge in [0.05, 0.1) is 29.3 Å². The largest absolute Gasteiger partial charge is 0.457 e. The average Bonchev–Trinajstić information content (AvgIpc) is 3.70. The fourth-order valence-electron chi connectivity index (χ4n) is 4.09. The number of ether oxygens (including phenoxy) is 1. The second-order valence-electron chi connectivity index (χ2n) is 10.2. The van der Waals surface area contributed by atoms with Crippen molar-refractivity contribution in [1.82, 2.24) is 30.1 Å². The number of H-pyrrole nitrogens is 1. The Balaban J connectivity index is 1.16. The molecular weight excluding hydrogens is 508 g/mol. The molecule has 0 radical (unpaired) electrons. The minimum absolute atomic E-state index is 0.281. The standard InChI is InChI=1S/C29H26N8O3/c1-29(2,3)37-17-25(27(36-37)18-4-9-26-19(12-18)16-33-40-26)35-28(38)34-21-5-7-22(8-6-21)39-23-10-11-30-24(13-23)20-14-31-32-15-20/h4-17H,1-3H3,(H,31,32)(H2,34,35,38). The minimum Gasteiger partial charge on any atom is -0.457 e. The Morgan fingerprint density at radius 1 is 0.975 bits per heavy atom. The van der Waals surface area contributed by atoms with Crippen molar-refractivity contribution in [2.45, 2.75) is 26.3 Å². The third-order valence-corrected chi connectivity index (χ3v) is 6.15. The van der Waals surface area contributed by atoms with Gasteiger partial charge < -0.3 is 19.9 Å². The van der Waals surface area contributed by atoms with Crippen LogP contribution < -0.4 is 15.4 Å². The molecule has 6 aromatic rings. The van der Waals surface area contributed by atoms with Crippen molar-refractivity contribution < 1.29 is 14.1 Å². The van der Waals surface area contributed by atoms with E-state index in [1.54, 1.807) is 55.1 Å². The second-order valence-corrected chi connectivity index (χ2v) is 10.2. The number of benzene rings is 2. The highest BCUT2D eigenvalue weighted by atomic mass is 16.5. The molecule has 0 aliphatic carbocycles. The van der Waals surface area contributed by atoms with Gasteiger partial charge in [0, 0.05) is 46.9 Å². The van der Waals surface area contributed by atoms with Gasteiger partial charge in [0.2, 0.25) is 0 Å². The fourth-order valence-corrected chi connectivity index (χ4v) is 4.09. The summed E-state index contributed by atoms with van der Waals surface area (Å²) >= 11 is 0. The van der Waals surface area contributed by atoms with Gasteiger partial charge in [-0.1, -0.05) is 5.16 Å². The number of rotatable bonds is 6. The number of amides is 2. The zero-order valence-electron chi connectivity index (χ0n) is 22.0. The molecule has 40 heavy (non-hydrogen) atoms. The van der Waals surface area contributed by atoms with Crippen LogP contribution >= 0.6 is 0 Å². The maximum absolute atomic E-state index is 13.0. The molecule has 0 spiro atoms. The van der Waals surface area contributed by atoms with Crippen LogP contribution in [0.4, 0.5) is 16.2 Å². The van der Waals surface area contributed by atoms with Crippen molar-refractivity contribution in [2.24, 2.45) is 0 Å². The third kappa shape index (κ3) is 5.25. The van der Waals surface area contributed by atoms with E-state index in [9.17, 15) is 4.79 Å². The van der Waals surface area contributed by atoms with Gasteiger partial charge in [-0.15, -0.1) is 0 Å². The summed E-state index contributed by atoms with van der Waals surface area (Å²) in [6.07, 6.45) is 8.63. The first-order chi connectivity index (χ1) is 19.3. The average molecular weight is 535 g/mol. The number of carbonyl (C=O) groups excluding carboxylic acids is 1. The van der Waals surface area contributed by atoms with Crippen LogP contribution in [0, 0.1) is 0 Å². The molecule has 200 valence electrons. The Labute approximate surface area is 229 Å². The number of carbonyl (C=O) groups is 1. The molecule has 4 heterocycles. The molecule has 2 aromatic carbocycles. The van der Waals surface area contributed by atoms with Crippen LogP contribution in [0.3, 0.4) is 0 Å². The number of aromatic nitrogens is 6. The lowest BCUT2D eigenvalue weighted by atomic mass is 10.1. The van der Waals surface area contributed by atoms with Crippen molar-refractivity contribution in [3.05, 3.63) is 85.6 Å². The molecule has 6 rings (SSSR count). The quantitative estimate of drug-likeness (QED) is 0.217. The maximum atomic E-state index is 13.0. The Kier molecular flexibility index (Phi) is 6.23. The molecule has 11 heteroatoms. The van der Waals surface area contributed by atoms with E-state index in [0.29, 0.717) is 34.2 Å². The monoisotopic (exact) mass is 534 g/mol. The topological polar surface area (TPSA) is 136 Å². The van der Waals surface area contributed by atoms with Gasteiger partial charge in [-0.25, -0.2) is 4.79 Å². The van der Waals surface area contributed by atoms with Crippen LogP contribution in [0.5, 0.6) is 11.5 Å². The number of nitrogens with zero attached hydrogens (tertiary/aromatic N) is 5. The Morgan fingerprint density at radius 3 is 2.60 bits per heavy atom.